The Hall–Kier alpha value is -2.49. The molecule has 1 aliphatic carbocycles. The minimum absolute atomic E-state index is 0.218. The summed E-state index contributed by atoms with van der Waals surface area (Å²) >= 11 is 0. The first-order valence-corrected chi connectivity index (χ1v) is 8.96. The van der Waals surface area contributed by atoms with Crippen molar-refractivity contribution < 1.29 is 14.3 Å². The van der Waals surface area contributed by atoms with Gasteiger partial charge in [-0.2, -0.15) is 0 Å². The number of carbonyl (C=O) groups excluding carboxylic acids is 1. The van der Waals surface area contributed by atoms with Crippen LogP contribution in [0.3, 0.4) is 0 Å². The highest BCUT2D eigenvalue weighted by atomic mass is 16.6. The van der Waals surface area contributed by atoms with Crippen LogP contribution in [0, 0.1) is 0 Å². The molecule has 2 aromatic rings. The van der Waals surface area contributed by atoms with E-state index in [2.05, 4.69) is 12.1 Å². The molecule has 0 radical (unpaired) electrons. The third-order valence-electron chi connectivity index (χ3n) is 5.14. The van der Waals surface area contributed by atoms with Crippen molar-refractivity contribution >= 4 is 5.91 Å². The number of nitrogens with zero attached hydrogens (tertiary/aromatic N) is 1. The monoisotopic (exact) mass is 337 g/mol. The van der Waals surface area contributed by atoms with Gasteiger partial charge >= 0.3 is 0 Å². The van der Waals surface area contributed by atoms with Crippen molar-refractivity contribution in [1.29, 1.82) is 0 Å². The molecule has 0 spiro atoms. The standard InChI is InChI=1S/C21H23NO3/c1-2-22(15-16-6-4-3-5-7-16)20(23)21(10-11-21)17-8-9-18-19(14-17)25-13-12-24-18/h3-9,14H,2,10-13,15H2,1H3. The summed E-state index contributed by atoms with van der Waals surface area (Å²) < 4.78 is 11.3. The molecule has 1 fully saturated rings. The Kier molecular flexibility index (Phi) is 4.12. The molecule has 0 unspecified atom stereocenters. The van der Waals surface area contributed by atoms with Crippen molar-refractivity contribution in [2.24, 2.45) is 0 Å². The molecule has 4 heteroatoms. The molecule has 4 rings (SSSR count). The van der Waals surface area contributed by atoms with Crippen LogP contribution < -0.4 is 9.47 Å². The first kappa shape index (κ1) is 16.0. The van der Waals surface area contributed by atoms with Crippen LogP contribution in [0.15, 0.2) is 48.5 Å². The molecular formula is C21H23NO3. The van der Waals surface area contributed by atoms with E-state index in [4.69, 9.17) is 9.47 Å². The van der Waals surface area contributed by atoms with Crippen LogP contribution in [0.25, 0.3) is 0 Å². The summed E-state index contributed by atoms with van der Waals surface area (Å²) in [5, 5.41) is 0. The molecule has 1 heterocycles. The summed E-state index contributed by atoms with van der Waals surface area (Å²) in [5.74, 6) is 1.75. The molecule has 0 atom stereocenters. The summed E-state index contributed by atoms with van der Waals surface area (Å²) in [6, 6.07) is 16.1. The minimum Gasteiger partial charge on any atom is -0.486 e. The van der Waals surface area contributed by atoms with E-state index in [0.29, 0.717) is 26.3 Å². The molecule has 1 aliphatic heterocycles. The Bertz CT molecular complexity index is 768. The van der Waals surface area contributed by atoms with Gasteiger partial charge in [-0.15, -0.1) is 0 Å². The third-order valence-corrected chi connectivity index (χ3v) is 5.14. The maximum absolute atomic E-state index is 13.3. The fourth-order valence-electron chi connectivity index (χ4n) is 3.53. The lowest BCUT2D eigenvalue weighted by Crippen LogP contribution is -2.38. The normalized spacial score (nSPS) is 17.0. The van der Waals surface area contributed by atoms with Gasteiger partial charge in [0.25, 0.3) is 0 Å². The van der Waals surface area contributed by atoms with E-state index in [1.54, 1.807) is 0 Å². The van der Waals surface area contributed by atoms with Crippen molar-refractivity contribution in [1.82, 2.24) is 4.90 Å². The van der Waals surface area contributed by atoms with Crippen LogP contribution in [0.4, 0.5) is 0 Å². The number of fused-ring (bicyclic) bond motifs is 1. The van der Waals surface area contributed by atoms with E-state index in [1.807, 2.05) is 48.2 Å². The minimum atomic E-state index is -0.388. The molecule has 1 amide bonds. The van der Waals surface area contributed by atoms with Crippen molar-refractivity contribution in [3.63, 3.8) is 0 Å². The number of hydrogen-bond acceptors (Lipinski definition) is 3. The predicted molar refractivity (Wildman–Crippen MR) is 95.9 cm³/mol. The lowest BCUT2D eigenvalue weighted by molar-refractivity contribution is -0.134. The molecule has 0 saturated heterocycles. The van der Waals surface area contributed by atoms with Crippen LogP contribution in [0.2, 0.25) is 0 Å². The molecule has 0 aromatic heterocycles. The first-order valence-electron chi connectivity index (χ1n) is 8.96. The number of hydrogen-bond donors (Lipinski definition) is 0. The summed E-state index contributed by atoms with van der Waals surface area (Å²) in [5.41, 5.74) is 1.82. The topological polar surface area (TPSA) is 38.8 Å². The Morgan fingerprint density at radius 1 is 1.04 bits per heavy atom. The number of amides is 1. The highest BCUT2D eigenvalue weighted by Gasteiger charge is 2.53. The maximum atomic E-state index is 13.3. The van der Waals surface area contributed by atoms with Gasteiger partial charge in [-0.3, -0.25) is 4.79 Å². The SMILES string of the molecule is CCN(Cc1ccccc1)C(=O)C1(c2ccc3c(c2)OCCO3)CC1. The second-order valence-corrected chi connectivity index (χ2v) is 6.75. The lowest BCUT2D eigenvalue weighted by atomic mass is 9.93. The summed E-state index contributed by atoms with van der Waals surface area (Å²) in [4.78, 5) is 15.2. The molecule has 2 aromatic carbocycles. The van der Waals surface area contributed by atoms with Gasteiger partial charge in [0.1, 0.15) is 13.2 Å². The molecule has 130 valence electrons. The van der Waals surface area contributed by atoms with Crippen molar-refractivity contribution in [2.45, 2.75) is 31.7 Å². The fraction of sp³-hybridized carbons (Fsp3) is 0.381. The fourth-order valence-corrected chi connectivity index (χ4v) is 3.53. The number of likely N-dealkylation sites (N-methyl/N-ethyl adjacent to an activating group) is 1. The molecule has 0 bridgehead atoms. The van der Waals surface area contributed by atoms with Gasteiger partial charge in [-0.05, 0) is 43.0 Å². The zero-order chi connectivity index (χ0) is 17.3. The van der Waals surface area contributed by atoms with Gasteiger partial charge in [0.2, 0.25) is 5.91 Å². The molecule has 25 heavy (non-hydrogen) atoms. The van der Waals surface area contributed by atoms with Crippen molar-refractivity contribution in [2.75, 3.05) is 19.8 Å². The van der Waals surface area contributed by atoms with Gasteiger partial charge in [0, 0.05) is 13.1 Å². The molecular weight excluding hydrogens is 314 g/mol. The number of carbonyl (C=O) groups is 1. The smallest absolute Gasteiger partial charge is 0.233 e. The van der Waals surface area contributed by atoms with Crippen LogP contribution in [-0.2, 0) is 16.8 Å². The van der Waals surface area contributed by atoms with Gasteiger partial charge in [0.05, 0.1) is 5.41 Å². The Labute approximate surface area is 148 Å². The van der Waals surface area contributed by atoms with E-state index < -0.39 is 0 Å². The second-order valence-electron chi connectivity index (χ2n) is 6.75. The summed E-state index contributed by atoms with van der Waals surface area (Å²) in [6.07, 6.45) is 1.80. The largest absolute Gasteiger partial charge is 0.486 e. The Morgan fingerprint density at radius 3 is 2.44 bits per heavy atom. The van der Waals surface area contributed by atoms with Crippen LogP contribution in [0.5, 0.6) is 11.5 Å². The second kappa shape index (κ2) is 6.43. The zero-order valence-electron chi connectivity index (χ0n) is 14.5. The molecule has 0 N–H and O–H groups in total. The molecule has 1 saturated carbocycles. The van der Waals surface area contributed by atoms with Crippen molar-refractivity contribution in [3.05, 3.63) is 59.7 Å². The Morgan fingerprint density at radius 2 is 1.76 bits per heavy atom. The summed E-state index contributed by atoms with van der Waals surface area (Å²) in [6.45, 7) is 4.55. The average Bonchev–Trinajstić information content (AvgIpc) is 3.48. The van der Waals surface area contributed by atoms with E-state index in [0.717, 1.165) is 35.5 Å². The first-order chi connectivity index (χ1) is 12.2. The van der Waals surface area contributed by atoms with Crippen LogP contribution in [-0.4, -0.2) is 30.6 Å². The number of rotatable bonds is 5. The predicted octanol–water partition coefficient (Wildman–Crippen LogP) is 3.54. The van der Waals surface area contributed by atoms with Gasteiger partial charge in [-0.1, -0.05) is 36.4 Å². The number of ether oxygens (including phenoxy) is 2. The van der Waals surface area contributed by atoms with Gasteiger partial charge in [0.15, 0.2) is 11.5 Å². The maximum Gasteiger partial charge on any atom is 0.233 e. The summed E-state index contributed by atoms with van der Waals surface area (Å²) in [7, 11) is 0. The van der Waals surface area contributed by atoms with Gasteiger partial charge in [-0.25, -0.2) is 0 Å². The highest BCUT2D eigenvalue weighted by molar-refractivity contribution is 5.91. The van der Waals surface area contributed by atoms with Crippen LogP contribution >= 0.6 is 0 Å². The van der Waals surface area contributed by atoms with E-state index in [-0.39, 0.29) is 11.3 Å². The Balaban J connectivity index is 1.58. The average molecular weight is 337 g/mol. The molecule has 4 nitrogen and oxygen atoms in total. The van der Waals surface area contributed by atoms with Gasteiger partial charge < -0.3 is 14.4 Å². The lowest BCUT2D eigenvalue weighted by Gasteiger charge is -2.27. The molecule has 2 aliphatic rings. The van der Waals surface area contributed by atoms with E-state index in [9.17, 15) is 4.79 Å². The quantitative estimate of drug-likeness (QED) is 0.838. The van der Waals surface area contributed by atoms with Crippen molar-refractivity contribution in [3.8, 4) is 11.5 Å². The van der Waals surface area contributed by atoms with E-state index >= 15 is 0 Å². The van der Waals surface area contributed by atoms with Crippen LogP contribution in [0.1, 0.15) is 30.9 Å². The third kappa shape index (κ3) is 2.97. The van der Waals surface area contributed by atoms with E-state index in [1.165, 1.54) is 0 Å². The zero-order valence-corrected chi connectivity index (χ0v) is 14.5. The number of benzene rings is 2. The highest BCUT2D eigenvalue weighted by Crippen LogP contribution is 2.51.